The normalized spacial score (nSPS) is 16.2. The monoisotopic (exact) mass is 374 g/mol. The Labute approximate surface area is 159 Å². The van der Waals surface area contributed by atoms with Crippen LogP contribution in [0.5, 0.6) is 5.75 Å². The summed E-state index contributed by atoms with van der Waals surface area (Å²) in [5.41, 5.74) is 1.95. The molecule has 0 saturated carbocycles. The Morgan fingerprint density at radius 2 is 1.88 bits per heavy atom. The maximum Gasteiger partial charge on any atom is 0.282 e. The van der Waals surface area contributed by atoms with Crippen molar-refractivity contribution in [3.63, 3.8) is 0 Å². The summed E-state index contributed by atoms with van der Waals surface area (Å²) in [6.45, 7) is 5.67. The number of hydrogen-bond donors (Lipinski definition) is 2. The van der Waals surface area contributed by atoms with Crippen LogP contribution in [0.3, 0.4) is 0 Å². The van der Waals surface area contributed by atoms with Crippen molar-refractivity contribution >= 4 is 28.9 Å². The third-order valence-corrected chi connectivity index (χ3v) is 5.19. The summed E-state index contributed by atoms with van der Waals surface area (Å²) in [6.07, 6.45) is 0. The molecule has 1 atom stereocenters. The first-order valence-electron chi connectivity index (χ1n) is 8.87. The fourth-order valence-electron chi connectivity index (χ4n) is 3.26. The van der Waals surface area contributed by atoms with Crippen LogP contribution >= 0.6 is 11.6 Å². The second kappa shape index (κ2) is 8.43. The molecule has 1 aliphatic rings. The highest BCUT2D eigenvalue weighted by molar-refractivity contribution is 6.30. The predicted molar refractivity (Wildman–Crippen MR) is 105 cm³/mol. The van der Waals surface area contributed by atoms with Gasteiger partial charge in [-0.05, 0) is 43.3 Å². The van der Waals surface area contributed by atoms with E-state index in [-0.39, 0.29) is 11.9 Å². The van der Waals surface area contributed by atoms with Crippen molar-refractivity contribution in [2.24, 2.45) is 0 Å². The van der Waals surface area contributed by atoms with Gasteiger partial charge in [-0.3, -0.25) is 4.79 Å². The van der Waals surface area contributed by atoms with Gasteiger partial charge in [0.15, 0.2) is 6.04 Å². The number of halogens is 1. The summed E-state index contributed by atoms with van der Waals surface area (Å²) >= 11 is 5.89. The summed E-state index contributed by atoms with van der Waals surface area (Å²) in [4.78, 5) is 16.2. The summed E-state index contributed by atoms with van der Waals surface area (Å²) in [5.74, 6) is 0.908. The van der Waals surface area contributed by atoms with Gasteiger partial charge < -0.3 is 19.9 Å². The van der Waals surface area contributed by atoms with Crippen molar-refractivity contribution in [3.05, 3.63) is 53.6 Å². The standard InChI is InChI=1S/C20H24ClN3O2/c1-15(20(25)22-17-8-6-16(21)7-9-17)23-10-12-24(13-11-23)18-4-3-5-19(14-18)26-2/h3-9,14-15H,10-13H2,1-2H3,(H,22,25)/p+1/t15-/m0/s1. The van der Waals surface area contributed by atoms with Gasteiger partial charge in [-0.25, -0.2) is 0 Å². The van der Waals surface area contributed by atoms with Crippen LogP contribution in [0.2, 0.25) is 5.02 Å². The number of nitrogens with one attached hydrogen (secondary N) is 2. The molecule has 6 heteroatoms. The Bertz CT molecular complexity index is 743. The minimum absolute atomic E-state index is 0.0390. The first-order valence-corrected chi connectivity index (χ1v) is 9.24. The predicted octanol–water partition coefficient (Wildman–Crippen LogP) is 2.08. The average molecular weight is 375 g/mol. The van der Waals surface area contributed by atoms with Gasteiger partial charge in [0.25, 0.3) is 5.91 Å². The van der Waals surface area contributed by atoms with Gasteiger partial charge in [-0.1, -0.05) is 17.7 Å². The number of ether oxygens (including phenoxy) is 1. The maximum absolute atomic E-state index is 12.5. The second-order valence-electron chi connectivity index (χ2n) is 6.56. The van der Waals surface area contributed by atoms with Crippen LogP contribution in [0, 0.1) is 0 Å². The third kappa shape index (κ3) is 4.48. The molecule has 0 spiro atoms. The van der Waals surface area contributed by atoms with Gasteiger partial charge in [-0.2, -0.15) is 0 Å². The fraction of sp³-hybridized carbons (Fsp3) is 0.350. The Morgan fingerprint density at radius 1 is 1.19 bits per heavy atom. The zero-order chi connectivity index (χ0) is 18.5. The van der Waals surface area contributed by atoms with Crippen LogP contribution < -0.4 is 19.9 Å². The fourth-order valence-corrected chi connectivity index (χ4v) is 3.39. The molecule has 0 bridgehead atoms. The SMILES string of the molecule is COc1cccc(N2CC[NH+]([C@@H](C)C(=O)Nc3ccc(Cl)cc3)CC2)c1. The lowest BCUT2D eigenvalue weighted by atomic mass is 10.2. The number of piperazine rings is 1. The van der Waals surface area contributed by atoms with Crippen LogP contribution in [0.25, 0.3) is 0 Å². The molecule has 0 aromatic heterocycles. The summed E-state index contributed by atoms with van der Waals surface area (Å²) in [6, 6.07) is 15.2. The molecule has 5 nitrogen and oxygen atoms in total. The molecule has 3 rings (SSSR count). The van der Waals surface area contributed by atoms with Crippen molar-refractivity contribution < 1.29 is 14.4 Å². The van der Waals surface area contributed by atoms with E-state index >= 15 is 0 Å². The van der Waals surface area contributed by atoms with E-state index < -0.39 is 0 Å². The number of anilines is 2. The molecule has 2 aromatic carbocycles. The Kier molecular flexibility index (Phi) is 6.01. The van der Waals surface area contributed by atoms with Gasteiger partial charge in [0.2, 0.25) is 0 Å². The van der Waals surface area contributed by atoms with Gasteiger partial charge in [0.05, 0.1) is 33.3 Å². The number of rotatable bonds is 5. The Hall–Kier alpha value is -2.24. The number of hydrogen-bond acceptors (Lipinski definition) is 3. The number of quaternary nitrogens is 1. The van der Waals surface area contributed by atoms with E-state index in [0.717, 1.165) is 37.6 Å². The minimum atomic E-state index is -0.0989. The van der Waals surface area contributed by atoms with Gasteiger partial charge in [0, 0.05) is 22.5 Å². The zero-order valence-corrected chi connectivity index (χ0v) is 15.9. The van der Waals surface area contributed by atoms with E-state index in [4.69, 9.17) is 16.3 Å². The van der Waals surface area contributed by atoms with E-state index in [9.17, 15) is 4.79 Å². The van der Waals surface area contributed by atoms with Crippen LogP contribution in [0.4, 0.5) is 11.4 Å². The first kappa shape index (κ1) is 18.5. The zero-order valence-electron chi connectivity index (χ0n) is 15.2. The molecular formula is C20H25ClN3O2+. The molecule has 0 radical (unpaired) electrons. The van der Waals surface area contributed by atoms with Crippen molar-refractivity contribution in [1.29, 1.82) is 0 Å². The van der Waals surface area contributed by atoms with E-state index in [2.05, 4.69) is 22.3 Å². The van der Waals surface area contributed by atoms with Crippen LogP contribution in [0.1, 0.15) is 6.92 Å². The first-order chi connectivity index (χ1) is 12.6. The van der Waals surface area contributed by atoms with Crippen LogP contribution in [-0.4, -0.2) is 45.2 Å². The molecule has 138 valence electrons. The van der Waals surface area contributed by atoms with Crippen molar-refractivity contribution in [2.75, 3.05) is 43.5 Å². The third-order valence-electron chi connectivity index (χ3n) is 4.94. The number of benzene rings is 2. The number of amides is 1. The number of carbonyl (C=O) groups excluding carboxylic acids is 1. The molecule has 1 saturated heterocycles. The van der Waals surface area contributed by atoms with E-state index in [1.54, 1.807) is 19.2 Å². The topological polar surface area (TPSA) is 46.0 Å². The molecule has 2 aromatic rings. The largest absolute Gasteiger partial charge is 0.497 e. The van der Waals surface area contributed by atoms with Crippen molar-refractivity contribution in [2.45, 2.75) is 13.0 Å². The van der Waals surface area contributed by atoms with E-state index in [0.29, 0.717) is 5.02 Å². The van der Waals surface area contributed by atoms with Gasteiger partial charge in [-0.15, -0.1) is 0 Å². The van der Waals surface area contributed by atoms with Crippen LogP contribution in [0.15, 0.2) is 48.5 Å². The molecule has 2 N–H and O–H groups in total. The summed E-state index contributed by atoms with van der Waals surface area (Å²) < 4.78 is 5.31. The average Bonchev–Trinajstić information content (AvgIpc) is 2.69. The molecular weight excluding hydrogens is 350 g/mol. The Balaban J connectivity index is 1.55. The van der Waals surface area contributed by atoms with E-state index in [1.165, 1.54) is 10.6 Å². The molecule has 0 aliphatic carbocycles. The number of nitrogens with zero attached hydrogens (tertiary/aromatic N) is 1. The molecule has 0 unspecified atom stereocenters. The molecule has 1 amide bonds. The van der Waals surface area contributed by atoms with Crippen molar-refractivity contribution in [1.82, 2.24) is 0 Å². The summed E-state index contributed by atoms with van der Waals surface area (Å²) in [7, 11) is 1.68. The number of carbonyl (C=O) groups is 1. The minimum Gasteiger partial charge on any atom is -0.497 e. The highest BCUT2D eigenvalue weighted by Crippen LogP contribution is 2.20. The lowest BCUT2D eigenvalue weighted by Gasteiger charge is -2.36. The van der Waals surface area contributed by atoms with Gasteiger partial charge >= 0.3 is 0 Å². The van der Waals surface area contributed by atoms with E-state index in [1.807, 2.05) is 31.2 Å². The highest BCUT2D eigenvalue weighted by Gasteiger charge is 2.29. The van der Waals surface area contributed by atoms with Crippen molar-refractivity contribution in [3.8, 4) is 5.75 Å². The lowest BCUT2D eigenvalue weighted by Crippen LogP contribution is -3.19. The molecule has 1 aliphatic heterocycles. The molecule has 1 heterocycles. The molecule has 1 fully saturated rings. The Morgan fingerprint density at radius 3 is 2.54 bits per heavy atom. The highest BCUT2D eigenvalue weighted by atomic mass is 35.5. The maximum atomic E-state index is 12.5. The van der Waals surface area contributed by atoms with Crippen LogP contribution in [-0.2, 0) is 4.79 Å². The number of methoxy groups -OCH3 is 1. The summed E-state index contributed by atoms with van der Waals surface area (Å²) in [5, 5.41) is 3.64. The lowest BCUT2D eigenvalue weighted by molar-refractivity contribution is -0.914. The second-order valence-corrected chi connectivity index (χ2v) is 7.00. The smallest absolute Gasteiger partial charge is 0.282 e. The quantitative estimate of drug-likeness (QED) is 0.842. The molecule has 26 heavy (non-hydrogen) atoms. The van der Waals surface area contributed by atoms with Gasteiger partial charge in [0.1, 0.15) is 5.75 Å².